The highest BCUT2D eigenvalue weighted by atomic mass is 16.3. The SMILES string of the molecule is O=c1[nH]c2cccc(-c3ccc(N4CC[C@@H](O)C4)nc3)c2[nH]1. The minimum atomic E-state index is -0.264. The third kappa shape index (κ3) is 2.17. The highest BCUT2D eigenvalue weighted by Gasteiger charge is 2.21. The molecule has 0 aliphatic carbocycles. The number of imidazole rings is 1. The second kappa shape index (κ2) is 4.99. The fourth-order valence-corrected chi connectivity index (χ4v) is 2.98. The van der Waals surface area contributed by atoms with Crippen molar-refractivity contribution in [2.24, 2.45) is 0 Å². The summed E-state index contributed by atoms with van der Waals surface area (Å²) >= 11 is 0. The van der Waals surface area contributed by atoms with Gasteiger partial charge in [-0.25, -0.2) is 9.78 Å². The average Bonchev–Trinajstić information content (AvgIpc) is 3.12. The molecule has 112 valence electrons. The van der Waals surface area contributed by atoms with Gasteiger partial charge in [-0.05, 0) is 24.6 Å². The Morgan fingerprint density at radius 2 is 2.14 bits per heavy atom. The van der Waals surface area contributed by atoms with Crippen LogP contribution >= 0.6 is 0 Å². The third-order valence-corrected chi connectivity index (χ3v) is 4.10. The molecule has 0 radical (unpaired) electrons. The summed E-state index contributed by atoms with van der Waals surface area (Å²) in [7, 11) is 0. The van der Waals surface area contributed by atoms with Gasteiger partial charge in [-0.1, -0.05) is 12.1 Å². The number of nitrogens with zero attached hydrogens (tertiary/aromatic N) is 2. The molecule has 0 unspecified atom stereocenters. The number of hydrogen-bond donors (Lipinski definition) is 3. The number of para-hydroxylation sites is 1. The molecule has 1 saturated heterocycles. The Bertz CT molecular complexity index is 866. The number of β-amino-alcohol motifs (C(OH)–C–C–N with tert-alkyl or cyclic N) is 1. The first-order valence-electron chi connectivity index (χ1n) is 7.31. The summed E-state index contributed by atoms with van der Waals surface area (Å²) < 4.78 is 0. The van der Waals surface area contributed by atoms with Crippen LogP contribution in [0.4, 0.5) is 5.82 Å². The predicted molar refractivity (Wildman–Crippen MR) is 85.0 cm³/mol. The first-order chi connectivity index (χ1) is 10.7. The van der Waals surface area contributed by atoms with Gasteiger partial charge < -0.3 is 20.0 Å². The van der Waals surface area contributed by atoms with Crippen LogP contribution in [0, 0.1) is 0 Å². The Kier molecular flexibility index (Phi) is 2.97. The van der Waals surface area contributed by atoms with Gasteiger partial charge in [0.15, 0.2) is 0 Å². The van der Waals surface area contributed by atoms with E-state index in [1.807, 2.05) is 30.3 Å². The van der Waals surface area contributed by atoms with Gasteiger partial charge in [-0.2, -0.15) is 0 Å². The molecule has 3 aromatic rings. The lowest BCUT2D eigenvalue weighted by Gasteiger charge is -2.16. The molecule has 2 aromatic heterocycles. The molecule has 3 N–H and O–H groups in total. The summed E-state index contributed by atoms with van der Waals surface area (Å²) in [5.74, 6) is 0.870. The van der Waals surface area contributed by atoms with E-state index in [4.69, 9.17) is 0 Å². The zero-order valence-corrected chi connectivity index (χ0v) is 11.9. The highest BCUT2D eigenvalue weighted by molar-refractivity contribution is 5.91. The fraction of sp³-hybridized carbons (Fsp3) is 0.250. The number of pyridine rings is 1. The van der Waals surface area contributed by atoms with Gasteiger partial charge in [0.05, 0.1) is 17.1 Å². The number of hydrogen-bond acceptors (Lipinski definition) is 4. The fourth-order valence-electron chi connectivity index (χ4n) is 2.98. The number of aliphatic hydroxyl groups excluding tert-OH is 1. The zero-order valence-electron chi connectivity index (χ0n) is 11.9. The summed E-state index contributed by atoms with van der Waals surface area (Å²) in [5, 5.41) is 9.61. The lowest BCUT2D eigenvalue weighted by molar-refractivity contribution is 0.198. The van der Waals surface area contributed by atoms with Gasteiger partial charge in [0.1, 0.15) is 5.82 Å². The normalized spacial score (nSPS) is 18.2. The van der Waals surface area contributed by atoms with Crippen LogP contribution in [0.3, 0.4) is 0 Å². The third-order valence-electron chi connectivity index (χ3n) is 4.10. The average molecular weight is 296 g/mol. The summed E-state index contributed by atoms with van der Waals surface area (Å²) in [5.41, 5.74) is 3.26. The van der Waals surface area contributed by atoms with Crippen molar-refractivity contribution < 1.29 is 5.11 Å². The second-order valence-corrected chi connectivity index (χ2v) is 5.60. The van der Waals surface area contributed by atoms with Crippen molar-refractivity contribution in [2.75, 3.05) is 18.0 Å². The van der Waals surface area contributed by atoms with E-state index in [9.17, 15) is 9.90 Å². The number of aromatic nitrogens is 3. The molecule has 0 saturated carbocycles. The standard InChI is InChI=1S/C16H16N4O2/c21-11-6-7-20(9-11)14-5-4-10(8-17-14)12-2-1-3-13-15(12)19-16(22)18-13/h1-5,8,11,21H,6-7,9H2,(H2,18,19,22)/t11-/m1/s1. The Morgan fingerprint density at radius 3 is 2.86 bits per heavy atom. The molecule has 1 aliphatic rings. The maximum Gasteiger partial charge on any atom is 0.323 e. The number of H-pyrrole nitrogens is 2. The van der Waals surface area contributed by atoms with E-state index >= 15 is 0 Å². The molecule has 6 heteroatoms. The smallest absolute Gasteiger partial charge is 0.323 e. The topological polar surface area (TPSA) is 85.0 Å². The molecule has 0 amide bonds. The summed E-state index contributed by atoms with van der Waals surface area (Å²) in [6.45, 7) is 1.46. The van der Waals surface area contributed by atoms with Crippen LogP contribution in [-0.4, -0.2) is 39.3 Å². The number of anilines is 1. The van der Waals surface area contributed by atoms with E-state index in [1.54, 1.807) is 6.20 Å². The first-order valence-corrected chi connectivity index (χ1v) is 7.31. The lowest BCUT2D eigenvalue weighted by atomic mass is 10.1. The quantitative estimate of drug-likeness (QED) is 0.669. The van der Waals surface area contributed by atoms with Crippen LogP contribution in [0.1, 0.15) is 6.42 Å². The Morgan fingerprint density at radius 1 is 1.23 bits per heavy atom. The second-order valence-electron chi connectivity index (χ2n) is 5.60. The minimum Gasteiger partial charge on any atom is -0.391 e. The van der Waals surface area contributed by atoms with Crippen molar-refractivity contribution in [1.82, 2.24) is 15.0 Å². The van der Waals surface area contributed by atoms with E-state index in [-0.39, 0.29) is 11.8 Å². The predicted octanol–water partition coefficient (Wildman–Crippen LogP) is 1.49. The minimum absolute atomic E-state index is 0.210. The molecule has 1 atom stereocenters. The molecular weight excluding hydrogens is 280 g/mol. The molecule has 1 fully saturated rings. The van der Waals surface area contributed by atoms with Crippen molar-refractivity contribution in [3.8, 4) is 11.1 Å². The van der Waals surface area contributed by atoms with Crippen molar-refractivity contribution >= 4 is 16.9 Å². The molecular formula is C16H16N4O2. The van der Waals surface area contributed by atoms with E-state index < -0.39 is 0 Å². The van der Waals surface area contributed by atoms with Crippen molar-refractivity contribution in [1.29, 1.82) is 0 Å². The van der Waals surface area contributed by atoms with Crippen LogP contribution in [0.25, 0.3) is 22.2 Å². The Labute approximate surface area is 126 Å². The highest BCUT2D eigenvalue weighted by Crippen LogP contribution is 2.27. The Balaban J connectivity index is 1.71. The Hall–Kier alpha value is -2.60. The lowest BCUT2D eigenvalue weighted by Crippen LogP contribution is -2.21. The summed E-state index contributed by atoms with van der Waals surface area (Å²) in [6.07, 6.45) is 2.33. The molecule has 22 heavy (non-hydrogen) atoms. The molecule has 1 aromatic carbocycles. The molecule has 4 rings (SSSR count). The van der Waals surface area contributed by atoms with Crippen molar-refractivity contribution in [3.05, 3.63) is 47.0 Å². The van der Waals surface area contributed by atoms with Crippen LogP contribution in [0.15, 0.2) is 41.3 Å². The van der Waals surface area contributed by atoms with Crippen LogP contribution in [0.5, 0.6) is 0 Å². The van der Waals surface area contributed by atoms with E-state index in [0.717, 1.165) is 40.9 Å². The molecule has 1 aliphatic heterocycles. The van der Waals surface area contributed by atoms with Gasteiger partial charge in [0, 0.05) is 30.4 Å². The van der Waals surface area contributed by atoms with E-state index in [0.29, 0.717) is 6.54 Å². The molecule has 3 heterocycles. The number of aromatic amines is 2. The maximum absolute atomic E-state index is 11.5. The first kappa shape index (κ1) is 13.1. The van der Waals surface area contributed by atoms with E-state index in [1.165, 1.54) is 0 Å². The van der Waals surface area contributed by atoms with Crippen LogP contribution in [0.2, 0.25) is 0 Å². The van der Waals surface area contributed by atoms with Gasteiger partial charge in [0.25, 0.3) is 0 Å². The largest absolute Gasteiger partial charge is 0.391 e. The number of fused-ring (bicyclic) bond motifs is 1. The molecule has 6 nitrogen and oxygen atoms in total. The van der Waals surface area contributed by atoms with E-state index in [2.05, 4.69) is 19.9 Å². The van der Waals surface area contributed by atoms with Crippen molar-refractivity contribution in [3.63, 3.8) is 0 Å². The van der Waals surface area contributed by atoms with Gasteiger partial charge >= 0.3 is 5.69 Å². The monoisotopic (exact) mass is 296 g/mol. The molecule has 0 spiro atoms. The molecule has 0 bridgehead atoms. The van der Waals surface area contributed by atoms with Crippen molar-refractivity contribution in [2.45, 2.75) is 12.5 Å². The number of benzene rings is 1. The number of aliphatic hydroxyl groups is 1. The van der Waals surface area contributed by atoms with Gasteiger partial charge in [0.2, 0.25) is 0 Å². The summed E-state index contributed by atoms with van der Waals surface area (Å²) in [6, 6.07) is 9.68. The number of rotatable bonds is 2. The zero-order chi connectivity index (χ0) is 15.1. The van der Waals surface area contributed by atoms with Crippen LogP contribution in [-0.2, 0) is 0 Å². The van der Waals surface area contributed by atoms with Crippen LogP contribution < -0.4 is 10.6 Å². The van der Waals surface area contributed by atoms with Gasteiger partial charge in [-0.15, -0.1) is 0 Å². The maximum atomic E-state index is 11.5. The number of nitrogens with one attached hydrogen (secondary N) is 2. The van der Waals surface area contributed by atoms with Gasteiger partial charge in [-0.3, -0.25) is 0 Å². The summed E-state index contributed by atoms with van der Waals surface area (Å²) in [4.78, 5) is 23.6.